The van der Waals surface area contributed by atoms with Gasteiger partial charge in [0.05, 0.1) is 18.8 Å². The first-order valence-corrected chi connectivity index (χ1v) is 9.08. The van der Waals surface area contributed by atoms with Crippen LogP contribution in [-0.2, 0) is 16.0 Å². The van der Waals surface area contributed by atoms with Gasteiger partial charge in [-0.1, -0.05) is 30.3 Å². The highest BCUT2D eigenvalue weighted by molar-refractivity contribution is 5.75. The minimum Gasteiger partial charge on any atom is -0.481 e. The lowest BCUT2D eigenvalue weighted by Crippen LogP contribution is -2.56. The van der Waals surface area contributed by atoms with Crippen molar-refractivity contribution in [2.24, 2.45) is 0 Å². The molecule has 1 saturated carbocycles. The summed E-state index contributed by atoms with van der Waals surface area (Å²) in [7, 11) is 0. The van der Waals surface area contributed by atoms with E-state index in [-0.39, 0.29) is 30.6 Å². The number of aliphatic carboxylic acids is 1. The van der Waals surface area contributed by atoms with Crippen molar-refractivity contribution < 1.29 is 19.4 Å². The maximum atomic E-state index is 12.8. The average Bonchev–Trinajstić information content (AvgIpc) is 3.09. The van der Waals surface area contributed by atoms with E-state index < -0.39 is 5.97 Å². The molecule has 136 valence electrons. The van der Waals surface area contributed by atoms with Gasteiger partial charge in [0, 0.05) is 19.0 Å². The maximum absolute atomic E-state index is 12.8. The zero-order valence-corrected chi connectivity index (χ0v) is 14.4. The molecule has 2 N–H and O–H groups in total. The van der Waals surface area contributed by atoms with E-state index in [9.17, 15) is 9.59 Å². The van der Waals surface area contributed by atoms with E-state index >= 15 is 0 Å². The molecular formula is C19H26N2O4. The Balaban J connectivity index is 1.63. The number of urea groups is 1. The fourth-order valence-corrected chi connectivity index (χ4v) is 3.86. The van der Waals surface area contributed by atoms with Crippen LogP contribution < -0.4 is 5.32 Å². The van der Waals surface area contributed by atoms with E-state index in [2.05, 4.69) is 5.32 Å². The van der Waals surface area contributed by atoms with Gasteiger partial charge in [-0.15, -0.1) is 0 Å². The molecule has 1 aliphatic carbocycles. The molecule has 6 heteroatoms. The molecule has 1 aliphatic heterocycles. The van der Waals surface area contributed by atoms with Crippen molar-refractivity contribution in [2.45, 2.75) is 56.7 Å². The third-order valence-corrected chi connectivity index (χ3v) is 5.10. The van der Waals surface area contributed by atoms with Crippen LogP contribution in [0, 0.1) is 0 Å². The summed E-state index contributed by atoms with van der Waals surface area (Å²) in [6.07, 6.45) is 4.36. The van der Waals surface area contributed by atoms with Crippen LogP contribution in [0.2, 0.25) is 0 Å². The van der Waals surface area contributed by atoms with Crippen molar-refractivity contribution >= 4 is 12.0 Å². The quantitative estimate of drug-likeness (QED) is 0.829. The second kappa shape index (κ2) is 8.34. The number of fused-ring (bicyclic) bond motifs is 1. The Morgan fingerprint density at radius 1 is 1.28 bits per heavy atom. The molecule has 3 atom stereocenters. The van der Waals surface area contributed by atoms with Gasteiger partial charge in [-0.3, -0.25) is 4.79 Å². The van der Waals surface area contributed by atoms with Crippen LogP contribution in [0.4, 0.5) is 4.79 Å². The largest absolute Gasteiger partial charge is 0.481 e. The summed E-state index contributed by atoms with van der Waals surface area (Å²) >= 11 is 0. The molecule has 1 aromatic carbocycles. The summed E-state index contributed by atoms with van der Waals surface area (Å²) in [5.74, 6) is -0.838. The highest BCUT2D eigenvalue weighted by Crippen LogP contribution is 2.29. The average molecular weight is 346 g/mol. The van der Waals surface area contributed by atoms with Gasteiger partial charge in [-0.05, 0) is 37.7 Å². The van der Waals surface area contributed by atoms with Crippen molar-refractivity contribution in [3.8, 4) is 0 Å². The maximum Gasteiger partial charge on any atom is 0.318 e. The van der Waals surface area contributed by atoms with Crippen molar-refractivity contribution in [1.82, 2.24) is 10.2 Å². The number of nitrogens with one attached hydrogen (secondary N) is 1. The van der Waals surface area contributed by atoms with Gasteiger partial charge in [0.2, 0.25) is 0 Å². The molecule has 1 unspecified atom stereocenters. The zero-order chi connectivity index (χ0) is 17.6. The van der Waals surface area contributed by atoms with Crippen LogP contribution >= 0.6 is 0 Å². The molecule has 1 saturated heterocycles. The van der Waals surface area contributed by atoms with Crippen LogP contribution in [0.15, 0.2) is 30.3 Å². The second-order valence-corrected chi connectivity index (χ2v) is 6.87. The highest BCUT2D eigenvalue weighted by Gasteiger charge is 2.38. The van der Waals surface area contributed by atoms with Crippen molar-refractivity contribution in [3.05, 3.63) is 35.9 Å². The SMILES string of the molecule is O=C(O)CCC(Cc1ccccc1)NC(=O)N1CCO[C@H]2CCC[C@H]21. The number of carbonyl (C=O) groups excluding carboxylic acids is 1. The van der Waals surface area contributed by atoms with Gasteiger partial charge in [-0.25, -0.2) is 4.79 Å². The van der Waals surface area contributed by atoms with Gasteiger partial charge in [0.1, 0.15) is 0 Å². The van der Waals surface area contributed by atoms with E-state index in [0.717, 1.165) is 24.8 Å². The van der Waals surface area contributed by atoms with E-state index in [1.807, 2.05) is 35.2 Å². The normalized spacial score (nSPS) is 23.8. The predicted octanol–water partition coefficient (Wildman–Crippen LogP) is 2.43. The Labute approximate surface area is 148 Å². The zero-order valence-electron chi connectivity index (χ0n) is 14.4. The van der Waals surface area contributed by atoms with E-state index in [1.54, 1.807) is 0 Å². The first-order valence-electron chi connectivity index (χ1n) is 9.08. The molecule has 3 rings (SSSR count). The smallest absolute Gasteiger partial charge is 0.318 e. The van der Waals surface area contributed by atoms with Gasteiger partial charge in [0.15, 0.2) is 0 Å². The standard InChI is InChI=1S/C19H26N2O4/c22-18(23)10-9-15(13-14-5-2-1-3-6-14)20-19(24)21-11-12-25-17-8-4-7-16(17)21/h1-3,5-6,15-17H,4,7-13H2,(H,20,24)(H,22,23)/t15?,16-,17+/m1/s1. The first-order chi connectivity index (χ1) is 12.1. The Kier molecular flexibility index (Phi) is 5.91. The number of hydrogen-bond acceptors (Lipinski definition) is 3. The number of carbonyl (C=O) groups is 2. The molecule has 25 heavy (non-hydrogen) atoms. The monoisotopic (exact) mass is 346 g/mol. The molecule has 2 amide bonds. The summed E-state index contributed by atoms with van der Waals surface area (Å²) in [6, 6.07) is 9.74. The number of rotatable bonds is 6. The van der Waals surface area contributed by atoms with Crippen LogP contribution in [0.25, 0.3) is 0 Å². The number of carboxylic acid groups (broad SMARTS) is 1. The van der Waals surface area contributed by atoms with Crippen LogP contribution in [0.3, 0.4) is 0 Å². The number of hydrogen-bond donors (Lipinski definition) is 2. The number of ether oxygens (including phenoxy) is 1. The lowest BCUT2D eigenvalue weighted by atomic mass is 10.0. The lowest BCUT2D eigenvalue weighted by Gasteiger charge is -2.38. The minimum atomic E-state index is -0.838. The number of nitrogens with zero attached hydrogens (tertiary/aromatic N) is 1. The van der Waals surface area contributed by atoms with E-state index in [4.69, 9.17) is 9.84 Å². The Morgan fingerprint density at radius 3 is 2.84 bits per heavy atom. The van der Waals surface area contributed by atoms with Crippen molar-refractivity contribution in [1.29, 1.82) is 0 Å². The first kappa shape index (κ1) is 17.7. The minimum absolute atomic E-state index is 0.0486. The van der Waals surface area contributed by atoms with Crippen molar-refractivity contribution in [2.75, 3.05) is 13.2 Å². The highest BCUT2D eigenvalue weighted by atomic mass is 16.5. The fourth-order valence-electron chi connectivity index (χ4n) is 3.86. The number of amides is 2. The van der Waals surface area contributed by atoms with Crippen LogP contribution in [-0.4, -0.2) is 53.3 Å². The summed E-state index contributed by atoms with van der Waals surface area (Å²) in [5, 5.41) is 12.1. The Hall–Kier alpha value is -2.08. The van der Waals surface area contributed by atoms with Crippen molar-refractivity contribution in [3.63, 3.8) is 0 Å². The lowest BCUT2D eigenvalue weighted by molar-refractivity contribution is -0.137. The Bertz CT molecular complexity index is 592. The third-order valence-electron chi connectivity index (χ3n) is 5.10. The molecule has 0 spiro atoms. The summed E-state index contributed by atoms with van der Waals surface area (Å²) in [5.41, 5.74) is 1.10. The molecular weight excluding hydrogens is 320 g/mol. The molecule has 0 radical (unpaired) electrons. The summed E-state index contributed by atoms with van der Waals surface area (Å²) in [6.45, 7) is 1.18. The Morgan fingerprint density at radius 2 is 2.08 bits per heavy atom. The van der Waals surface area contributed by atoms with Crippen LogP contribution in [0.5, 0.6) is 0 Å². The molecule has 2 aliphatic rings. The topological polar surface area (TPSA) is 78.9 Å². The molecule has 6 nitrogen and oxygen atoms in total. The number of morpholine rings is 1. The number of carboxylic acids is 1. The van der Waals surface area contributed by atoms with Crippen LogP contribution in [0.1, 0.15) is 37.7 Å². The molecule has 2 fully saturated rings. The fraction of sp³-hybridized carbons (Fsp3) is 0.579. The molecule has 1 heterocycles. The predicted molar refractivity (Wildman–Crippen MR) is 93.4 cm³/mol. The molecule has 1 aromatic rings. The van der Waals surface area contributed by atoms with E-state index in [1.165, 1.54) is 0 Å². The molecule has 0 bridgehead atoms. The third kappa shape index (κ3) is 4.72. The van der Waals surface area contributed by atoms with Gasteiger partial charge in [0.25, 0.3) is 0 Å². The van der Waals surface area contributed by atoms with Gasteiger partial charge in [-0.2, -0.15) is 0 Å². The van der Waals surface area contributed by atoms with Gasteiger partial charge >= 0.3 is 12.0 Å². The number of benzene rings is 1. The summed E-state index contributed by atoms with van der Waals surface area (Å²) in [4.78, 5) is 25.6. The summed E-state index contributed by atoms with van der Waals surface area (Å²) < 4.78 is 5.76. The second-order valence-electron chi connectivity index (χ2n) is 6.87. The molecule has 0 aromatic heterocycles. The van der Waals surface area contributed by atoms with Gasteiger partial charge < -0.3 is 20.1 Å². The van der Waals surface area contributed by atoms with E-state index in [0.29, 0.717) is 26.0 Å².